The molecule has 1 spiro atoms. The minimum Gasteiger partial charge on any atom is -0.357 e. The number of nitrogens with zero attached hydrogens (tertiary/aromatic N) is 3. The Kier molecular flexibility index (Phi) is 10.5. The van der Waals surface area contributed by atoms with E-state index in [2.05, 4.69) is 17.1 Å². The molecule has 29 heavy (non-hydrogen) atoms. The maximum absolute atomic E-state index is 11.8. The van der Waals surface area contributed by atoms with Crippen LogP contribution in [-0.2, 0) is 6.54 Å². The van der Waals surface area contributed by atoms with Crippen molar-refractivity contribution in [3.05, 3.63) is 34.7 Å². The Bertz CT molecular complexity index is 679. The lowest BCUT2D eigenvalue weighted by atomic mass is 9.74. The van der Waals surface area contributed by atoms with Crippen LogP contribution >= 0.6 is 24.0 Å². The first-order valence-electron chi connectivity index (χ1n) is 11.4. The molecule has 3 rings (SSSR count). The van der Waals surface area contributed by atoms with Gasteiger partial charge in [-0.15, -0.1) is 24.0 Å². The van der Waals surface area contributed by atoms with E-state index in [0.29, 0.717) is 5.41 Å². The molecule has 1 aromatic heterocycles. The van der Waals surface area contributed by atoms with Gasteiger partial charge in [0, 0.05) is 45.0 Å². The quantitative estimate of drug-likeness (QED) is 0.260. The molecular formula is C23H39IN4O. The normalized spacial score (nSPS) is 19.5. The minimum absolute atomic E-state index is 0. The Morgan fingerprint density at radius 2 is 1.86 bits per heavy atom. The fourth-order valence-electron chi connectivity index (χ4n) is 4.93. The fourth-order valence-corrected chi connectivity index (χ4v) is 4.93. The predicted octanol–water partition coefficient (Wildman–Crippen LogP) is 4.65. The maximum atomic E-state index is 11.8. The third-order valence-corrected chi connectivity index (χ3v) is 6.43. The van der Waals surface area contributed by atoms with Crippen LogP contribution in [0.5, 0.6) is 0 Å². The Morgan fingerprint density at radius 1 is 1.10 bits per heavy atom. The number of hydrogen-bond donors (Lipinski definition) is 1. The lowest BCUT2D eigenvalue weighted by Crippen LogP contribution is -2.50. The number of piperidine rings is 1. The first-order valence-corrected chi connectivity index (χ1v) is 11.4. The summed E-state index contributed by atoms with van der Waals surface area (Å²) in [6.07, 6.45) is 15.0. The zero-order chi connectivity index (χ0) is 19.7. The molecular weight excluding hydrogens is 475 g/mol. The zero-order valence-corrected chi connectivity index (χ0v) is 20.4. The molecule has 1 aliphatic heterocycles. The molecule has 164 valence electrons. The molecule has 2 heterocycles. The maximum Gasteiger partial charge on any atom is 0.250 e. The molecule has 0 bridgehead atoms. The van der Waals surface area contributed by atoms with Gasteiger partial charge in [-0.2, -0.15) is 0 Å². The number of hydrogen-bond acceptors (Lipinski definition) is 2. The molecule has 1 saturated heterocycles. The largest absolute Gasteiger partial charge is 0.357 e. The zero-order valence-electron chi connectivity index (χ0n) is 18.1. The molecule has 1 N–H and O–H groups in total. The number of aryl methyl sites for hydroxylation is 1. The van der Waals surface area contributed by atoms with Gasteiger partial charge in [-0.25, -0.2) is 0 Å². The molecule has 2 aliphatic rings. The summed E-state index contributed by atoms with van der Waals surface area (Å²) in [5.74, 6) is 1.10. The first-order chi connectivity index (χ1) is 13.7. The molecule has 2 fully saturated rings. The summed E-state index contributed by atoms with van der Waals surface area (Å²) in [5.41, 5.74) is 0.612. The molecule has 6 heteroatoms. The van der Waals surface area contributed by atoms with Crippen molar-refractivity contribution < 1.29 is 0 Å². The third kappa shape index (κ3) is 7.30. The van der Waals surface area contributed by atoms with Gasteiger partial charge in [-0.1, -0.05) is 31.7 Å². The summed E-state index contributed by atoms with van der Waals surface area (Å²) in [6.45, 7) is 6.99. The number of rotatable bonds is 6. The van der Waals surface area contributed by atoms with Crippen molar-refractivity contribution in [2.75, 3.05) is 26.2 Å². The van der Waals surface area contributed by atoms with Crippen molar-refractivity contribution in [3.63, 3.8) is 0 Å². The number of aliphatic imine (C=N–C) groups is 1. The monoisotopic (exact) mass is 514 g/mol. The highest BCUT2D eigenvalue weighted by Gasteiger charge is 2.36. The van der Waals surface area contributed by atoms with Crippen LogP contribution in [-0.4, -0.2) is 41.6 Å². The van der Waals surface area contributed by atoms with Gasteiger partial charge >= 0.3 is 0 Å². The van der Waals surface area contributed by atoms with Crippen LogP contribution in [0.4, 0.5) is 0 Å². The van der Waals surface area contributed by atoms with E-state index in [1.54, 1.807) is 16.7 Å². The lowest BCUT2D eigenvalue weighted by Gasteiger charge is -2.44. The molecule has 0 aromatic carbocycles. The van der Waals surface area contributed by atoms with Crippen LogP contribution in [0.25, 0.3) is 0 Å². The lowest BCUT2D eigenvalue weighted by molar-refractivity contribution is 0.115. The van der Waals surface area contributed by atoms with E-state index in [9.17, 15) is 4.79 Å². The summed E-state index contributed by atoms with van der Waals surface area (Å²) in [5, 5.41) is 3.53. The van der Waals surface area contributed by atoms with Crippen molar-refractivity contribution in [2.45, 2.75) is 77.7 Å². The van der Waals surface area contributed by atoms with Gasteiger partial charge in [0.1, 0.15) is 0 Å². The smallest absolute Gasteiger partial charge is 0.250 e. The van der Waals surface area contributed by atoms with Gasteiger partial charge in [0.25, 0.3) is 0 Å². The highest BCUT2D eigenvalue weighted by molar-refractivity contribution is 14.0. The number of pyridine rings is 1. The van der Waals surface area contributed by atoms with Crippen molar-refractivity contribution >= 4 is 29.9 Å². The summed E-state index contributed by atoms with van der Waals surface area (Å²) in [4.78, 5) is 19.2. The second kappa shape index (κ2) is 12.6. The molecule has 0 radical (unpaired) electrons. The summed E-state index contributed by atoms with van der Waals surface area (Å²) >= 11 is 0. The van der Waals surface area contributed by atoms with E-state index in [4.69, 9.17) is 4.99 Å². The van der Waals surface area contributed by atoms with E-state index in [1.165, 1.54) is 57.9 Å². The molecule has 0 atom stereocenters. The van der Waals surface area contributed by atoms with Crippen LogP contribution in [0.1, 0.15) is 71.1 Å². The van der Waals surface area contributed by atoms with Crippen molar-refractivity contribution in [2.24, 2.45) is 10.4 Å². The SMILES string of the molecule is CCNC(=NCCCCn1ccccc1=O)N1CCCC2(CCCCCC2)C1.I. The topological polar surface area (TPSA) is 49.6 Å². The van der Waals surface area contributed by atoms with Crippen LogP contribution in [0.2, 0.25) is 0 Å². The molecule has 0 amide bonds. The number of unbranched alkanes of at least 4 members (excludes halogenated alkanes) is 1. The van der Waals surface area contributed by atoms with Gasteiger partial charge < -0.3 is 14.8 Å². The Labute approximate surface area is 193 Å². The highest BCUT2D eigenvalue weighted by atomic mass is 127. The summed E-state index contributed by atoms with van der Waals surface area (Å²) in [7, 11) is 0. The van der Waals surface area contributed by atoms with Crippen molar-refractivity contribution in [3.8, 4) is 0 Å². The van der Waals surface area contributed by atoms with Crippen LogP contribution < -0.4 is 10.9 Å². The van der Waals surface area contributed by atoms with E-state index in [-0.39, 0.29) is 29.5 Å². The van der Waals surface area contributed by atoms with E-state index >= 15 is 0 Å². The summed E-state index contributed by atoms with van der Waals surface area (Å²) < 4.78 is 1.79. The molecule has 1 saturated carbocycles. The van der Waals surface area contributed by atoms with Crippen LogP contribution in [0, 0.1) is 5.41 Å². The molecule has 0 unspecified atom stereocenters. The second-order valence-electron chi connectivity index (χ2n) is 8.61. The number of nitrogens with one attached hydrogen (secondary N) is 1. The number of likely N-dealkylation sites (tertiary alicyclic amines) is 1. The standard InChI is InChI=1S/C23H38N4O.HI/c1-2-24-22(25-16-8-10-18-26-17-9-5-12-21(26)28)27-19-11-15-23(20-27)13-6-3-4-7-14-23;/h5,9,12,17H,2-4,6-8,10-11,13-16,18-20H2,1H3,(H,24,25);1H. The minimum atomic E-state index is 0. The fraction of sp³-hybridized carbons (Fsp3) is 0.739. The third-order valence-electron chi connectivity index (χ3n) is 6.43. The van der Waals surface area contributed by atoms with Crippen LogP contribution in [0.3, 0.4) is 0 Å². The van der Waals surface area contributed by atoms with E-state index in [0.717, 1.165) is 45.0 Å². The predicted molar refractivity (Wildman–Crippen MR) is 132 cm³/mol. The van der Waals surface area contributed by atoms with Crippen molar-refractivity contribution in [1.82, 2.24) is 14.8 Å². The molecule has 5 nitrogen and oxygen atoms in total. The number of halogens is 1. The first kappa shape index (κ1) is 24.2. The van der Waals surface area contributed by atoms with E-state index in [1.807, 2.05) is 12.3 Å². The van der Waals surface area contributed by atoms with Gasteiger partial charge in [0.15, 0.2) is 5.96 Å². The number of guanidine groups is 1. The summed E-state index contributed by atoms with van der Waals surface area (Å²) in [6, 6.07) is 5.34. The van der Waals surface area contributed by atoms with Crippen molar-refractivity contribution in [1.29, 1.82) is 0 Å². The Hall–Kier alpha value is -1.05. The van der Waals surface area contributed by atoms with E-state index < -0.39 is 0 Å². The molecule has 1 aliphatic carbocycles. The average molecular weight is 514 g/mol. The van der Waals surface area contributed by atoms with Gasteiger partial charge in [-0.3, -0.25) is 9.79 Å². The van der Waals surface area contributed by atoms with Gasteiger partial charge in [0.2, 0.25) is 5.56 Å². The average Bonchev–Trinajstić information content (AvgIpc) is 2.93. The Morgan fingerprint density at radius 3 is 2.59 bits per heavy atom. The molecule has 1 aromatic rings. The van der Waals surface area contributed by atoms with Crippen LogP contribution in [0.15, 0.2) is 34.2 Å². The highest BCUT2D eigenvalue weighted by Crippen LogP contribution is 2.42. The number of aromatic nitrogens is 1. The van der Waals surface area contributed by atoms with Gasteiger partial charge in [-0.05, 0) is 56.9 Å². The van der Waals surface area contributed by atoms with Gasteiger partial charge in [0.05, 0.1) is 0 Å². The Balaban J connectivity index is 0.00000300. The second-order valence-corrected chi connectivity index (χ2v) is 8.61.